The van der Waals surface area contributed by atoms with E-state index in [-0.39, 0.29) is 11.5 Å². The maximum Gasteiger partial charge on any atom is 0.335 e. The Morgan fingerprint density at radius 2 is 1.81 bits per heavy atom. The van der Waals surface area contributed by atoms with E-state index in [0.717, 1.165) is 16.7 Å². The van der Waals surface area contributed by atoms with Gasteiger partial charge in [0.2, 0.25) is 5.91 Å². The lowest BCUT2D eigenvalue weighted by Crippen LogP contribution is -2.40. The second kappa shape index (κ2) is 8.68. The smallest absolute Gasteiger partial charge is 0.335 e. The summed E-state index contributed by atoms with van der Waals surface area (Å²) in [5.41, 5.74) is 3.04. The summed E-state index contributed by atoms with van der Waals surface area (Å²) in [5.74, 6) is -0.103. The second-order valence-electron chi connectivity index (χ2n) is 6.41. The molecule has 6 heteroatoms. The van der Waals surface area contributed by atoms with Gasteiger partial charge < -0.3 is 19.5 Å². The van der Waals surface area contributed by atoms with Crippen molar-refractivity contribution in [3.05, 3.63) is 53.6 Å². The van der Waals surface area contributed by atoms with Crippen molar-refractivity contribution < 1.29 is 24.2 Å². The number of methoxy groups -OCH3 is 1. The van der Waals surface area contributed by atoms with Crippen molar-refractivity contribution in [1.29, 1.82) is 0 Å². The quantitative estimate of drug-likeness (QED) is 0.847. The van der Waals surface area contributed by atoms with Crippen LogP contribution in [0.4, 0.5) is 0 Å². The van der Waals surface area contributed by atoms with E-state index in [0.29, 0.717) is 44.9 Å². The number of aryl methyl sites for hydroxylation is 1. The fourth-order valence-electron chi connectivity index (χ4n) is 3.14. The molecule has 1 aliphatic heterocycles. The van der Waals surface area contributed by atoms with Crippen molar-refractivity contribution in [2.45, 2.75) is 12.8 Å². The molecule has 0 bridgehead atoms. The average Bonchev–Trinajstić information content (AvgIpc) is 2.72. The van der Waals surface area contributed by atoms with Gasteiger partial charge in [-0.15, -0.1) is 0 Å². The van der Waals surface area contributed by atoms with Gasteiger partial charge in [-0.1, -0.05) is 24.3 Å². The number of hydrogen-bond acceptors (Lipinski definition) is 4. The van der Waals surface area contributed by atoms with E-state index in [4.69, 9.17) is 14.6 Å². The summed E-state index contributed by atoms with van der Waals surface area (Å²) >= 11 is 0. The summed E-state index contributed by atoms with van der Waals surface area (Å²) in [6.45, 7) is 2.53. The van der Waals surface area contributed by atoms with Crippen LogP contribution in [0.1, 0.15) is 22.3 Å². The van der Waals surface area contributed by atoms with E-state index >= 15 is 0 Å². The molecule has 1 aliphatic rings. The summed E-state index contributed by atoms with van der Waals surface area (Å²) in [7, 11) is 1.60. The Hall–Kier alpha value is -2.86. The molecule has 0 unspecified atom stereocenters. The number of carboxylic acids is 1. The molecule has 1 N–H and O–H groups in total. The predicted octanol–water partition coefficient (Wildman–Crippen LogP) is 2.85. The number of amides is 1. The molecule has 0 spiro atoms. The van der Waals surface area contributed by atoms with Crippen LogP contribution in [-0.4, -0.2) is 55.3 Å². The van der Waals surface area contributed by atoms with Crippen LogP contribution in [0.2, 0.25) is 0 Å². The highest BCUT2D eigenvalue weighted by Crippen LogP contribution is 2.31. The third-order valence-corrected chi connectivity index (χ3v) is 4.70. The number of benzene rings is 2. The number of morpholine rings is 1. The van der Waals surface area contributed by atoms with E-state index in [1.807, 2.05) is 23.1 Å². The van der Waals surface area contributed by atoms with Crippen LogP contribution in [-0.2, 0) is 16.0 Å². The Bertz CT molecular complexity index is 810. The first-order chi connectivity index (χ1) is 13.1. The zero-order valence-electron chi connectivity index (χ0n) is 15.3. The van der Waals surface area contributed by atoms with Gasteiger partial charge >= 0.3 is 5.97 Å². The molecule has 1 heterocycles. The lowest BCUT2D eigenvalue weighted by atomic mass is 9.99. The minimum absolute atomic E-state index is 0.144. The third kappa shape index (κ3) is 4.65. The molecule has 1 fully saturated rings. The second-order valence-corrected chi connectivity index (χ2v) is 6.41. The molecular weight excluding hydrogens is 346 g/mol. The minimum Gasteiger partial charge on any atom is -0.496 e. The van der Waals surface area contributed by atoms with E-state index in [9.17, 15) is 9.59 Å². The van der Waals surface area contributed by atoms with Crippen molar-refractivity contribution in [3.8, 4) is 16.9 Å². The van der Waals surface area contributed by atoms with Gasteiger partial charge in [0.15, 0.2) is 0 Å². The van der Waals surface area contributed by atoms with Crippen molar-refractivity contribution in [2.75, 3.05) is 33.4 Å². The molecule has 1 amide bonds. The molecule has 3 rings (SSSR count). The van der Waals surface area contributed by atoms with Gasteiger partial charge in [0.25, 0.3) is 0 Å². The summed E-state index contributed by atoms with van der Waals surface area (Å²) in [4.78, 5) is 25.1. The van der Waals surface area contributed by atoms with E-state index in [2.05, 4.69) is 0 Å². The van der Waals surface area contributed by atoms with Crippen LogP contribution in [0.5, 0.6) is 5.75 Å². The summed E-state index contributed by atoms with van der Waals surface area (Å²) in [6.07, 6.45) is 1.10. The zero-order chi connectivity index (χ0) is 19.2. The Balaban J connectivity index is 1.70. The maximum absolute atomic E-state index is 12.3. The highest BCUT2D eigenvalue weighted by molar-refractivity contribution is 5.88. The molecule has 142 valence electrons. The van der Waals surface area contributed by atoms with Gasteiger partial charge in [0.1, 0.15) is 5.75 Å². The van der Waals surface area contributed by atoms with Crippen LogP contribution in [0.25, 0.3) is 11.1 Å². The number of carboxylic acid groups (broad SMARTS) is 1. The normalized spacial score (nSPS) is 14.0. The number of aromatic carboxylic acids is 1. The van der Waals surface area contributed by atoms with E-state index in [1.165, 1.54) is 0 Å². The highest BCUT2D eigenvalue weighted by atomic mass is 16.5. The van der Waals surface area contributed by atoms with Crippen molar-refractivity contribution in [2.24, 2.45) is 0 Å². The number of nitrogens with zero attached hydrogens (tertiary/aromatic N) is 1. The van der Waals surface area contributed by atoms with Gasteiger partial charge in [0.05, 0.1) is 25.9 Å². The lowest BCUT2D eigenvalue weighted by molar-refractivity contribution is -0.135. The zero-order valence-corrected chi connectivity index (χ0v) is 15.3. The van der Waals surface area contributed by atoms with Gasteiger partial charge in [-0.2, -0.15) is 0 Å². The van der Waals surface area contributed by atoms with Gasteiger partial charge in [-0.3, -0.25) is 4.79 Å². The molecule has 0 atom stereocenters. The summed E-state index contributed by atoms with van der Waals surface area (Å²) in [5, 5.41) is 9.02. The third-order valence-electron chi connectivity index (χ3n) is 4.70. The number of carbonyl (C=O) groups excluding carboxylic acids is 1. The topological polar surface area (TPSA) is 76.1 Å². The van der Waals surface area contributed by atoms with Crippen molar-refractivity contribution in [1.82, 2.24) is 4.90 Å². The predicted molar refractivity (Wildman–Crippen MR) is 101 cm³/mol. The highest BCUT2D eigenvalue weighted by Gasteiger charge is 2.17. The molecule has 2 aromatic carbocycles. The minimum atomic E-state index is -0.950. The largest absolute Gasteiger partial charge is 0.496 e. The number of hydrogen-bond donors (Lipinski definition) is 1. The van der Waals surface area contributed by atoms with Gasteiger partial charge in [0, 0.05) is 25.1 Å². The van der Waals surface area contributed by atoms with Crippen LogP contribution in [0.3, 0.4) is 0 Å². The molecule has 0 saturated carbocycles. The molecule has 1 saturated heterocycles. The molecule has 27 heavy (non-hydrogen) atoms. The molecule has 2 aromatic rings. The molecular formula is C21H23NO5. The maximum atomic E-state index is 12.3. The van der Waals surface area contributed by atoms with Crippen molar-refractivity contribution >= 4 is 11.9 Å². The Kier molecular flexibility index (Phi) is 6.08. The van der Waals surface area contributed by atoms with E-state index < -0.39 is 5.97 Å². The van der Waals surface area contributed by atoms with E-state index in [1.54, 1.807) is 31.4 Å². The molecule has 0 radical (unpaired) electrons. The number of carbonyl (C=O) groups is 2. The first-order valence-corrected chi connectivity index (χ1v) is 8.94. The SMILES string of the molecule is COc1cc(CCC(=O)N2CCOCC2)ccc1-c1ccc(C(=O)O)cc1. The Morgan fingerprint density at radius 1 is 1.11 bits per heavy atom. The standard InChI is InChI=1S/C21H23NO5/c1-26-19-14-15(3-9-20(23)22-10-12-27-13-11-22)2-8-18(19)16-4-6-17(7-5-16)21(24)25/h2,4-8,14H,3,9-13H2,1H3,(H,24,25). The molecule has 0 aromatic heterocycles. The number of rotatable bonds is 6. The van der Waals surface area contributed by atoms with Crippen LogP contribution >= 0.6 is 0 Å². The van der Waals surface area contributed by atoms with Crippen LogP contribution < -0.4 is 4.74 Å². The first kappa shape index (κ1) is 18.9. The van der Waals surface area contributed by atoms with Crippen LogP contribution in [0.15, 0.2) is 42.5 Å². The Morgan fingerprint density at radius 3 is 2.44 bits per heavy atom. The Labute approximate surface area is 158 Å². The monoisotopic (exact) mass is 369 g/mol. The van der Waals surface area contributed by atoms with Crippen molar-refractivity contribution in [3.63, 3.8) is 0 Å². The fourth-order valence-corrected chi connectivity index (χ4v) is 3.14. The van der Waals surface area contributed by atoms with Gasteiger partial charge in [-0.05, 0) is 35.7 Å². The average molecular weight is 369 g/mol. The molecule has 6 nitrogen and oxygen atoms in total. The lowest BCUT2D eigenvalue weighted by Gasteiger charge is -2.26. The number of ether oxygens (including phenoxy) is 2. The van der Waals surface area contributed by atoms with Crippen LogP contribution in [0, 0.1) is 0 Å². The van der Waals surface area contributed by atoms with Gasteiger partial charge in [-0.25, -0.2) is 4.79 Å². The molecule has 0 aliphatic carbocycles. The summed E-state index contributed by atoms with van der Waals surface area (Å²) in [6, 6.07) is 12.6. The first-order valence-electron chi connectivity index (χ1n) is 8.94. The summed E-state index contributed by atoms with van der Waals surface area (Å²) < 4.78 is 10.8. The fraction of sp³-hybridized carbons (Fsp3) is 0.333.